The average molecular weight is 393 g/mol. The Morgan fingerprint density at radius 2 is 2.07 bits per heavy atom. The molecule has 0 unspecified atom stereocenters. The molecule has 4 aliphatic rings. The van der Waals surface area contributed by atoms with Gasteiger partial charge in [-0.25, -0.2) is 0 Å². The van der Waals surface area contributed by atoms with Crippen LogP contribution in [0.3, 0.4) is 0 Å². The van der Waals surface area contributed by atoms with Crippen molar-refractivity contribution >= 4 is 17.5 Å². The number of carbonyl (C=O) groups excluding carboxylic acids is 1. The first-order valence-electron chi connectivity index (χ1n) is 11.1. The van der Waals surface area contributed by atoms with Gasteiger partial charge < -0.3 is 10.2 Å². The minimum absolute atomic E-state index is 0.0123. The van der Waals surface area contributed by atoms with Crippen molar-refractivity contribution in [2.75, 3.05) is 12.4 Å². The van der Waals surface area contributed by atoms with Gasteiger partial charge in [0.15, 0.2) is 5.78 Å². The van der Waals surface area contributed by atoms with Crippen LogP contribution >= 0.6 is 11.8 Å². The zero-order valence-electron chi connectivity index (χ0n) is 17.0. The fourth-order valence-electron chi connectivity index (χ4n) is 7.44. The summed E-state index contributed by atoms with van der Waals surface area (Å²) in [6.45, 7) is 4.77. The van der Waals surface area contributed by atoms with Crippen LogP contribution < -0.4 is 0 Å². The van der Waals surface area contributed by atoms with Crippen molar-refractivity contribution in [3.8, 4) is 0 Å². The Bertz CT molecular complexity index is 617. The maximum absolute atomic E-state index is 12.0. The van der Waals surface area contributed by atoms with Crippen molar-refractivity contribution in [2.24, 2.45) is 29.1 Å². The number of aliphatic hydroxyl groups is 2. The van der Waals surface area contributed by atoms with E-state index in [1.807, 2.05) is 6.08 Å². The summed E-state index contributed by atoms with van der Waals surface area (Å²) in [5, 5.41) is 21.5. The smallest absolute Gasteiger partial charge is 0.155 e. The van der Waals surface area contributed by atoms with Crippen LogP contribution in [0.2, 0.25) is 0 Å². The Balaban J connectivity index is 1.65. The highest BCUT2D eigenvalue weighted by Crippen LogP contribution is 2.66. The molecule has 0 aromatic heterocycles. The summed E-state index contributed by atoms with van der Waals surface area (Å²) in [6.07, 6.45) is 10.6. The molecule has 0 aliphatic heterocycles. The third kappa shape index (κ3) is 3.14. The molecule has 3 saturated carbocycles. The fraction of sp³-hybridized carbons (Fsp3) is 0.870. The lowest BCUT2D eigenvalue weighted by atomic mass is 9.50. The third-order valence-corrected chi connectivity index (χ3v) is 9.99. The lowest BCUT2D eigenvalue weighted by molar-refractivity contribution is -0.124. The number of fused-ring (bicyclic) bond motifs is 5. The van der Waals surface area contributed by atoms with E-state index in [1.54, 1.807) is 0 Å². The van der Waals surface area contributed by atoms with Crippen molar-refractivity contribution in [3.63, 3.8) is 0 Å². The summed E-state index contributed by atoms with van der Waals surface area (Å²) in [4.78, 5) is 12.0. The molecule has 0 bridgehead atoms. The van der Waals surface area contributed by atoms with Crippen molar-refractivity contribution in [3.05, 3.63) is 11.6 Å². The van der Waals surface area contributed by atoms with E-state index in [-0.39, 0.29) is 12.0 Å². The molecule has 27 heavy (non-hydrogen) atoms. The van der Waals surface area contributed by atoms with Gasteiger partial charge in [-0.05, 0) is 92.3 Å². The van der Waals surface area contributed by atoms with Crippen LogP contribution in [0.5, 0.6) is 0 Å². The van der Waals surface area contributed by atoms with E-state index in [9.17, 15) is 15.0 Å². The molecule has 4 heteroatoms. The predicted molar refractivity (Wildman–Crippen MR) is 111 cm³/mol. The highest BCUT2D eigenvalue weighted by molar-refractivity contribution is 7.99. The zero-order valence-corrected chi connectivity index (χ0v) is 17.8. The minimum atomic E-state index is -0.606. The van der Waals surface area contributed by atoms with E-state index in [1.165, 1.54) is 12.0 Å². The lowest BCUT2D eigenvalue weighted by Crippen LogP contribution is -2.55. The molecular weight excluding hydrogens is 356 g/mol. The first-order chi connectivity index (χ1) is 12.9. The molecule has 0 radical (unpaired) electrons. The quantitative estimate of drug-likeness (QED) is 0.730. The topological polar surface area (TPSA) is 57.5 Å². The van der Waals surface area contributed by atoms with Crippen molar-refractivity contribution < 1.29 is 15.0 Å². The van der Waals surface area contributed by atoms with E-state index in [0.717, 1.165) is 50.7 Å². The second-order valence-electron chi connectivity index (χ2n) is 9.73. The van der Waals surface area contributed by atoms with Gasteiger partial charge in [0.25, 0.3) is 0 Å². The fourth-order valence-corrected chi connectivity index (χ4v) is 8.80. The molecular formula is C23H36O3S. The van der Waals surface area contributed by atoms with Gasteiger partial charge in [0.05, 0.1) is 5.60 Å². The largest absolute Gasteiger partial charge is 0.396 e. The number of hydrogen-bond donors (Lipinski definition) is 2. The highest BCUT2D eigenvalue weighted by Gasteiger charge is 2.63. The van der Waals surface area contributed by atoms with Crippen LogP contribution in [0, 0.1) is 29.1 Å². The van der Waals surface area contributed by atoms with Crippen molar-refractivity contribution in [2.45, 2.75) is 82.5 Å². The molecule has 4 aliphatic carbocycles. The molecule has 3 fully saturated rings. The zero-order chi connectivity index (χ0) is 19.2. The Morgan fingerprint density at radius 1 is 1.26 bits per heavy atom. The van der Waals surface area contributed by atoms with Crippen molar-refractivity contribution in [1.82, 2.24) is 0 Å². The normalized spacial score (nSPS) is 46.4. The van der Waals surface area contributed by atoms with Crippen LogP contribution in [-0.4, -0.2) is 39.2 Å². The first kappa shape index (κ1) is 20.0. The van der Waals surface area contributed by atoms with Gasteiger partial charge in [-0.15, -0.1) is 0 Å². The summed E-state index contributed by atoms with van der Waals surface area (Å²) in [5.41, 5.74) is 0.822. The number of hydrogen-bond acceptors (Lipinski definition) is 4. The minimum Gasteiger partial charge on any atom is -0.396 e. The number of thioether (sulfide) groups is 1. The van der Waals surface area contributed by atoms with Crippen LogP contribution in [0.1, 0.15) is 71.6 Å². The SMILES string of the molecule is CCS[C@@H]1CC2=CC(=O)CC[C@@H]2[C@H]2CC[C@@]3(C)[C@@H](CC[C@@]3(O)CCCO)[C@@H]21. The Morgan fingerprint density at radius 3 is 2.81 bits per heavy atom. The van der Waals surface area contributed by atoms with Crippen LogP contribution in [0.4, 0.5) is 0 Å². The van der Waals surface area contributed by atoms with Gasteiger partial charge in [0.2, 0.25) is 0 Å². The van der Waals surface area contributed by atoms with E-state index in [4.69, 9.17) is 0 Å². The molecule has 152 valence electrons. The molecule has 0 amide bonds. The predicted octanol–water partition coefficient (Wildman–Crippen LogP) is 4.36. The lowest BCUT2D eigenvalue weighted by Gasteiger charge is -2.58. The summed E-state index contributed by atoms with van der Waals surface area (Å²) in [6, 6.07) is 0. The second-order valence-corrected chi connectivity index (χ2v) is 11.2. The second kappa shape index (κ2) is 7.50. The third-order valence-electron chi connectivity index (χ3n) is 8.74. The molecule has 2 N–H and O–H groups in total. The van der Waals surface area contributed by atoms with Crippen LogP contribution in [0.15, 0.2) is 11.6 Å². The van der Waals surface area contributed by atoms with E-state index >= 15 is 0 Å². The van der Waals surface area contributed by atoms with E-state index in [0.29, 0.717) is 41.1 Å². The average Bonchev–Trinajstić information content (AvgIpc) is 2.91. The first-order valence-corrected chi connectivity index (χ1v) is 12.2. The Labute approximate surface area is 168 Å². The number of rotatable bonds is 5. The number of carbonyl (C=O) groups is 1. The van der Waals surface area contributed by atoms with Gasteiger partial charge in [-0.3, -0.25) is 4.79 Å². The molecule has 0 heterocycles. The highest BCUT2D eigenvalue weighted by atomic mass is 32.2. The maximum atomic E-state index is 12.0. The van der Waals surface area contributed by atoms with Gasteiger partial charge in [0, 0.05) is 18.3 Å². The summed E-state index contributed by atoms with van der Waals surface area (Å²) in [7, 11) is 0. The molecule has 7 atom stereocenters. The van der Waals surface area contributed by atoms with Crippen molar-refractivity contribution in [1.29, 1.82) is 0 Å². The maximum Gasteiger partial charge on any atom is 0.155 e. The monoisotopic (exact) mass is 392 g/mol. The number of allylic oxidation sites excluding steroid dienone is 1. The van der Waals surface area contributed by atoms with Gasteiger partial charge in [-0.1, -0.05) is 19.4 Å². The van der Waals surface area contributed by atoms with Gasteiger partial charge in [0.1, 0.15) is 0 Å². The van der Waals surface area contributed by atoms with Gasteiger partial charge >= 0.3 is 0 Å². The summed E-state index contributed by atoms with van der Waals surface area (Å²) in [5.74, 6) is 4.02. The Kier molecular flexibility index (Phi) is 5.55. The molecule has 0 saturated heterocycles. The van der Waals surface area contributed by atoms with Crippen LogP contribution in [0.25, 0.3) is 0 Å². The summed E-state index contributed by atoms with van der Waals surface area (Å²) >= 11 is 2.09. The summed E-state index contributed by atoms with van der Waals surface area (Å²) < 4.78 is 0. The number of ketones is 1. The molecule has 0 aromatic carbocycles. The Hall–Kier alpha value is -0.320. The van der Waals surface area contributed by atoms with Crippen LogP contribution in [-0.2, 0) is 4.79 Å². The molecule has 0 spiro atoms. The standard InChI is InChI=1S/C23H36O3S/c1-3-27-20-14-15-13-16(25)5-6-17(15)18-7-10-22(2)19(21(18)20)8-11-23(22,26)9-4-12-24/h13,17-21,24,26H,3-12,14H2,1-2H3/t17-,18+,19-,20+,21+,22-,23-/m0/s1. The van der Waals surface area contributed by atoms with E-state index in [2.05, 4.69) is 25.6 Å². The molecule has 3 nitrogen and oxygen atoms in total. The van der Waals surface area contributed by atoms with E-state index < -0.39 is 5.60 Å². The molecule has 4 rings (SSSR count). The molecule has 0 aromatic rings. The van der Waals surface area contributed by atoms with Gasteiger partial charge in [-0.2, -0.15) is 11.8 Å². The number of aliphatic hydroxyl groups excluding tert-OH is 1.